The number of piperazine rings is 1. The Hall–Kier alpha value is -0.870. The molecule has 0 amide bonds. The molecule has 0 aromatic rings. The van der Waals surface area contributed by atoms with E-state index in [0.29, 0.717) is 0 Å². The van der Waals surface area contributed by atoms with E-state index < -0.39 is 5.97 Å². The Labute approximate surface area is 66.3 Å². The molecule has 0 unspecified atom stereocenters. The maximum atomic E-state index is 9.25. The Morgan fingerprint density at radius 2 is 1.55 bits per heavy atom. The van der Waals surface area contributed by atoms with Crippen LogP contribution in [0.1, 0.15) is 0 Å². The number of nitrogens with one attached hydrogen (secondary N) is 2. The van der Waals surface area contributed by atoms with Crippen LogP contribution in [0, 0.1) is 0 Å². The van der Waals surface area contributed by atoms with Crippen molar-refractivity contribution < 1.29 is 9.90 Å². The highest BCUT2D eigenvalue weighted by molar-refractivity contribution is 5.78. The summed E-state index contributed by atoms with van der Waals surface area (Å²) in [4.78, 5) is 9.25. The van der Waals surface area contributed by atoms with E-state index in [4.69, 9.17) is 5.11 Å². The van der Waals surface area contributed by atoms with Crippen LogP contribution in [-0.2, 0) is 4.79 Å². The van der Waals surface area contributed by atoms with Gasteiger partial charge in [-0.3, -0.25) is 0 Å². The SMILES string of the molecule is C1CNCCN1.C=CC(=O)O. The Morgan fingerprint density at radius 3 is 1.64 bits per heavy atom. The Bertz CT molecular complexity index is 110. The third kappa shape index (κ3) is 9.13. The van der Waals surface area contributed by atoms with Crippen LogP contribution in [0.15, 0.2) is 12.7 Å². The Kier molecular flexibility index (Phi) is 6.67. The van der Waals surface area contributed by atoms with Crippen LogP contribution >= 0.6 is 0 Å². The largest absolute Gasteiger partial charge is 0.478 e. The summed E-state index contributed by atoms with van der Waals surface area (Å²) >= 11 is 0. The molecule has 11 heavy (non-hydrogen) atoms. The lowest BCUT2D eigenvalue weighted by Gasteiger charge is -2.11. The molecule has 4 heteroatoms. The van der Waals surface area contributed by atoms with E-state index in [0.717, 1.165) is 32.3 Å². The van der Waals surface area contributed by atoms with Crippen molar-refractivity contribution in [3.05, 3.63) is 12.7 Å². The summed E-state index contributed by atoms with van der Waals surface area (Å²) in [6.07, 6.45) is 0.833. The number of carbonyl (C=O) groups is 1. The fraction of sp³-hybridized carbons (Fsp3) is 0.571. The van der Waals surface area contributed by atoms with Gasteiger partial charge in [0.15, 0.2) is 0 Å². The zero-order valence-corrected chi connectivity index (χ0v) is 6.47. The van der Waals surface area contributed by atoms with Gasteiger partial charge in [-0.2, -0.15) is 0 Å². The maximum Gasteiger partial charge on any atom is 0.327 e. The van der Waals surface area contributed by atoms with Gasteiger partial charge >= 0.3 is 5.97 Å². The normalized spacial score (nSPS) is 16.0. The van der Waals surface area contributed by atoms with Crippen LogP contribution in [0.2, 0.25) is 0 Å². The number of rotatable bonds is 1. The van der Waals surface area contributed by atoms with Crippen molar-refractivity contribution in [1.29, 1.82) is 0 Å². The minimum Gasteiger partial charge on any atom is -0.478 e. The van der Waals surface area contributed by atoms with Crippen molar-refractivity contribution in [2.45, 2.75) is 0 Å². The average Bonchev–Trinajstić information content (AvgIpc) is 2.09. The van der Waals surface area contributed by atoms with Crippen molar-refractivity contribution in [3.8, 4) is 0 Å². The van der Waals surface area contributed by atoms with Crippen molar-refractivity contribution >= 4 is 5.97 Å². The standard InChI is InChI=1S/C4H10N2.C3H4O2/c1-2-6-4-3-5-1;1-2-3(4)5/h5-6H,1-4H2;2H,1H2,(H,4,5). The van der Waals surface area contributed by atoms with Gasteiger partial charge in [0.05, 0.1) is 0 Å². The molecule has 0 saturated carbocycles. The molecule has 1 fully saturated rings. The molecule has 0 aromatic heterocycles. The van der Waals surface area contributed by atoms with E-state index in [2.05, 4.69) is 17.2 Å². The fourth-order valence-electron chi connectivity index (χ4n) is 0.604. The summed E-state index contributed by atoms with van der Waals surface area (Å²) in [6, 6.07) is 0. The minimum atomic E-state index is -0.981. The van der Waals surface area contributed by atoms with Crippen LogP contribution < -0.4 is 10.6 Å². The molecular weight excluding hydrogens is 144 g/mol. The number of carboxylic acid groups (broad SMARTS) is 1. The molecule has 0 bridgehead atoms. The molecule has 1 aliphatic rings. The average molecular weight is 158 g/mol. The summed E-state index contributed by atoms with van der Waals surface area (Å²) in [5, 5.41) is 14.0. The second-order valence-electron chi connectivity index (χ2n) is 2.04. The highest BCUT2D eigenvalue weighted by atomic mass is 16.4. The highest BCUT2D eigenvalue weighted by Crippen LogP contribution is 1.65. The molecule has 1 rings (SSSR count). The number of carboxylic acids is 1. The Morgan fingerprint density at radius 1 is 1.27 bits per heavy atom. The summed E-state index contributed by atoms with van der Waals surface area (Å²) < 4.78 is 0. The zero-order valence-electron chi connectivity index (χ0n) is 6.47. The van der Waals surface area contributed by atoms with E-state index in [1.54, 1.807) is 0 Å². The summed E-state index contributed by atoms with van der Waals surface area (Å²) in [5.41, 5.74) is 0. The molecule has 0 spiro atoms. The van der Waals surface area contributed by atoms with Crippen molar-refractivity contribution in [2.24, 2.45) is 0 Å². The molecule has 64 valence electrons. The fourth-order valence-corrected chi connectivity index (χ4v) is 0.604. The van der Waals surface area contributed by atoms with Gasteiger partial charge in [0.2, 0.25) is 0 Å². The van der Waals surface area contributed by atoms with E-state index in [-0.39, 0.29) is 0 Å². The van der Waals surface area contributed by atoms with Gasteiger partial charge in [-0.25, -0.2) is 4.79 Å². The predicted octanol–water partition coefficient (Wildman–Crippen LogP) is -0.564. The van der Waals surface area contributed by atoms with E-state index in [1.807, 2.05) is 0 Å². The highest BCUT2D eigenvalue weighted by Gasteiger charge is 1.91. The molecule has 0 aliphatic carbocycles. The summed E-state index contributed by atoms with van der Waals surface area (Å²) in [5.74, 6) is -0.981. The molecule has 1 aliphatic heterocycles. The van der Waals surface area contributed by atoms with Crippen molar-refractivity contribution in [1.82, 2.24) is 10.6 Å². The number of hydrogen-bond acceptors (Lipinski definition) is 3. The second kappa shape index (κ2) is 7.24. The molecule has 0 aromatic carbocycles. The third-order valence-electron chi connectivity index (χ3n) is 1.13. The first-order valence-corrected chi connectivity index (χ1v) is 3.54. The van der Waals surface area contributed by atoms with Crippen LogP contribution in [0.5, 0.6) is 0 Å². The lowest BCUT2D eigenvalue weighted by molar-refractivity contribution is -0.131. The van der Waals surface area contributed by atoms with Gasteiger partial charge in [-0.05, 0) is 0 Å². The zero-order chi connectivity index (χ0) is 8.53. The molecule has 0 atom stereocenters. The van der Waals surface area contributed by atoms with Crippen LogP contribution in [0.3, 0.4) is 0 Å². The van der Waals surface area contributed by atoms with E-state index in [9.17, 15) is 4.79 Å². The molecule has 1 heterocycles. The molecular formula is C7H14N2O2. The number of aliphatic carboxylic acids is 1. The molecule has 3 N–H and O–H groups in total. The minimum absolute atomic E-state index is 0.833. The summed E-state index contributed by atoms with van der Waals surface area (Å²) in [7, 11) is 0. The molecule has 4 nitrogen and oxygen atoms in total. The second-order valence-corrected chi connectivity index (χ2v) is 2.04. The maximum absolute atomic E-state index is 9.25. The van der Waals surface area contributed by atoms with Gasteiger partial charge < -0.3 is 15.7 Å². The third-order valence-corrected chi connectivity index (χ3v) is 1.13. The van der Waals surface area contributed by atoms with Crippen molar-refractivity contribution in [2.75, 3.05) is 26.2 Å². The first kappa shape index (κ1) is 10.1. The van der Waals surface area contributed by atoms with Gasteiger partial charge in [-0.15, -0.1) is 0 Å². The summed E-state index contributed by atoms with van der Waals surface area (Å²) in [6.45, 7) is 7.52. The molecule has 1 saturated heterocycles. The van der Waals surface area contributed by atoms with Crippen LogP contribution in [0.4, 0.5) is 0 Å². The van der Waals surface area contributed by atoms with Crippen LogP contribution in [-0.4, -0.2) is 37.3 Å². The monoisotopic (exact) mass is 158 g/mol. The topological polar surface area (TPSA) is 61.4 Å². The lowest BCUT2D eigenvalue weighted by Crippen LogP contribution is -2.39. The van der Waals surface area contributed by atoms with E-state index >= 15 is 0 Å². The first-order valence-electron chi connectivity index (χ1n) is 3.54. The predicted molar refractivity (Wildman–Crippen MR) is 43.6 cm³/mol. The first-order chi connectivity index (χ1) is 5.27. The lowest BCUT2D eigenvalue weighted by atomic mass is 10.4. The van der Waals surface area contributed by atoms with Gasteiger partial charge in [0.25, 0.3) is 0 Å². The van der Waals surface area contributed by atoms with E-state index in [1.165, 1.54) is 0 Å². The van der Waals surface area contributed by atoms with Crippen LogP contribution in [0.25, 0.3) is 0 Å². The Balaban J connectivity index is 0.000000187. The van der Waals surface area contributed by atoms with Gasteiger partial charge in [0.1, 0.15) is 0 Å². The van der Waals surface area contributed by atoms with Crippen molar-refractivity contribution in [3.63, 3.8) is 0 Å². The smallest absolute Gasteiger partial charge is 0.327 e. The number of hydrogen-bond donors (Lipinski definition) is 3. The quantitative estimate of drug-likeness (QED) is 0.447. The van der Waals surface area contributed by atoms with Gasteiger partial charge in [-0.1, -0.05) is 6.58 Å². The molecule has 0 radical (unpaired) electrons. The van der Waals surface area contributed by atoms with Gasteiger partial charge in [0, 0.05) is 32.3 Å².